The van der Waals surface area contributed by atoms with Gasteiger partial charge in [-0.2, -0.15) is 5.10 Å². The molecule has 0 unspecified atom stereocenters. The second-order valence-electron chi connectivity index (χ2n) is 5.88. The molecule has 0 aliphatic carbocycles. The maximum atomic E-state index is 12.4. The van der Waals surface area contributed by atoms with E-state index < -0.39 is 0 Å². The van der Waals surface area contributed by atoms with Crippen molar-refractivity contribution in [1.29, 1.82) is 0 Å². The molecule has 2 heterocycles. The first-order valence-corrected chi connectivity index (χ1v) is 8.20. The van der Waals surface area contributed by atoms with E-state index in [-0.39, 0.29) is 12.3 Å². The largest absolute Gasteiger partial charge is 0.497 e. The number of anilines is 1. The van der Waals surface area contributed by atoms with Crippen molar-refractivity contribution < 1.29 is 9.53 Å². The summed E-state index contributed by atoms with van der Waals surface area (Å²) in [6.07, 6.45) is 0.244. The third-order valence-electron chi connectivity index (χ3n) is 4.09. The number of fused-ring (bicyclic) bond motifs is 1. The van der Waals surface area contributed by atoms with Crippen LogP contribution in [0.25, 0.3) is 11.0 Å². The smallest absolute Gasteiger partial charge is 0.230 e. The fourth-order valence-electron chi connectivity index (χ4n) is 2.77. The lowest BCUT2D eigenvalue weighted by Gasteiger charge is -2.07. The minimum Gasteiger partial charge on any atom is -0.497 e. The van der Waals surface area contributed by atoms with E-state index in [2.05, 4.69) is 15.4 Å². The zero-order valence-electron chi connectivity index (χ0n) is 14.6. The lowest BCUT2D eigenvalue weighted by atomic mass is 10.1. The van der Waals surface area contributed by atoms with Gasteiger partial charge < -0.3 is 10.1 Å². The summed E-state index contributed by atoms with van der Waals surface area (Å²) in [4.78, 5) is 16.9. The molecule has 0 saturated carbocycles. The zero-order valence-corrected chi connectivity index (χ0v) is 15.3. The fourth-order valence-corrected chi connectivity index (χ4v) is 2.91. The van der Waals surface area contributed by atoms with Gasteiger partial charge in [0, 0.05) is 7.05 Å². The van der Waals surface area contributed by atoms with Crippen LogP contribution in [-0.4, -0.2) is 27.8 Å². The van der Waals surface area contributed by atoms with Gasteiger partial charge in [0.2, 0.25) is 5.91 Å². The first-order valence-electron chi connectivity index (χ1n) is 7.83. The van der Waals surface area contributed by atoms with Gasteiger partial charge in [-0.3, -0.25) is 4.79 Å². The number of carbonyl (C=O) groups excluding carboxylic acids is 1. The van der Waals surface area contributed by atoms with Crippen molar-refractivity contribution >= 4 is 34.4 Å². The Kier molecular flexibility index (Phi) is 4.63. The molecular formula is C18H19ClN4O2. The van der Waals surface area contributed by atoms with Crippen LogP contribution in [0.2, 0.25) is 5.02 Å². The highest BCUT2D eigenvalue weighted by Crippen LogP contribution is 2.31. The van der Waals surface area contributed by atoms with Gasteiger partial charge in [-0.25, -0.2) is 9.67 Å². The Morgan fingerprint density at radius 2 is 1.96 bits per heavy atom. The molecule has 1 aromatic carbocycles. The monoisotopic (exact) mass is 358 g/mol. The van der Waals surface area contributed by atoms with Crippen LogP contribution in [0.5, 0.6) is 5.75 Å². The standard InChI is InChI=1S/C18H19ClN4O2/c1-10-15-17(22-23(3)18(15)20-11(2)16(10)19)21-14(24)9-12-5-7-13(25-4)8-6-12/h5-8H,9H2,1-4H3,(H,21,22,24). The van der Waals surface area contributed by atoms with Crippen LogP contribution < -0.4 is 10.1 Å². The Hall–Kier alpha value is -2.60. The van der Waals surface area contributed by atoms with Gasteiger partial charge in [0.15, 0.2) is 11.5 Å². The molecule has 0 bridgehead atoms. The minimum atomic E-state index is -0.152. The third kappa shape index (κ3) is 3.30. The van der Waals surface area contributed by atoms with Crippen LogP contribution in [0.4, 0.5) is 5.82 Å². The Balaban J connectivity index is 1.87. The van der Waals surface area contributed by atoms with E-state index in [1.165, 1.54) is 0 Å². The predicted octanol–water partition coefficient (Wildman–Crippen LogP) is 3.43. The Morgan fingerprint density at radius 1 is 1.28 bits per heavy atom. The Bertz CT molecular complexity index is 948. The SMILES string of the molecule is COc1ccc(CC(=O)Nc2nn(C)c3nc(C)c(Cl)c(C)c23)cc1. The van der Waals surface area contributed by atoms with Gasteiger partial charge in [0.25, 0.3) is 0 Å². The average molecular weight is 359 g/mol. The Morgan fingerprint density at radius 3 is 2.60 bits per heavy atom. The molecular weight excluding hydrogens is 340 g/mol. The number of aromatic nitrogens is 3. The number of rotatable bonds is 4. The summed E-state index contributed by atoms with van der Waals surface area (Å²) < 4.78 is 6.77. The second kappa shape index (κ2) is 6.72. The lowest BCUT2D eigenvalue weighted by molar-refractivity contribution is -0.115. The molecule has 0 fully saturated rings. The molecule has 130 valence electrons. The van der Waals surface area contributed by atoms with Crippen LogP contribution in [0, 0.1) is 13.8 Å². The van der Waals surface area contributed by atoms with E-state index in [0.29, 0.717) is 16.5 Å². The van der Waals surface area contributed by atoms with Gasteiger partial charge >= 0.3 is 0 Å². The van der Waals surface area contributed by atoms with Crippen molar-refractivity contribution in [1.82, 2.24) is 14.8 Å². The van der Waals surface area contributed by atoms with Crippen LogP contribution in [0.15, 0.2) is 24.3 Å². The van der Waals surface area contributed by atoms with E-state index in [1.807, 2.05) is 38.1 Å². The van der Waals surface area contributed by atoms with Crippen LogP contribution in [0.3, 0.4) is 0 Å². The number of hydrogen-bond acceptors (Lipinski definition) is 4. The van der Waals surface area contributed by atoms with Crippen molar-refractivity contribution in [2.24, 2.45) is 7.05 Å². The molecule has 0 aliphatic heterocycles. The van der Waals surface area contributed by atoms with Crippen molar-refractivity contribution in [3.8, 4) is 5.75 Å². The zero-order chi connectivity index (χ0) is 18.1. The maximum Gasteiger partial charge on any atom is 0.230 e. The molecule has 0 spiro atoms. The molecule has 1 N–H and O–H groups in total. The number of nitrogens with zero attached hydrogens (tertiary/aromatic N) is 3. The average Bonchev–Trinajstić information content (AvgIpc) is 2.88. The van der Waals surface area contributed by atoms with Gasteiger partial charge in [-0.05, 0) is 37.1 Å². The van der Waals surface area contributed by atoms with E-state index >= 15 is 0 Å². The second-order valence-corrected chi connectivity index (χ2v) is 6.26. The van der Waals surface area contributed by atoms with Crippen LogP contribution in [-0.2, 0) is 18.3 Å². The highest BCUT2D eigenvalue weighted by Gasteiger charge is 2.18. The summed E-state index contributed by atoms with van der Waals surface area (Å²) in [5, 5.41) is 8.61. The lowest BCUT2D eigenvalue weighted by Crippen LogP contribution is -2.15. The van der Waals surface area contributed by atoms with Gasteiger partial charge in [0.05, 0.1) is 29.6 Å². The number of benzene rings is 1. The minimum absolute atomic E-state index is 0.152. The molecule has 0 saturated heterocycles. The summed E-state index contributed by atoms with van der Waals surface area (Å²) in [6, 6.07) is 7.38. The predicted molar refractivity (Wildman–Crippen MR) is 98.3 cm³/mol. The molecule has 25 heavy (non-hydrogen) atoms. The van der Waals surface area contributed by atoms with E-state index in [0.717, 1.165) is 28.0 Å². The number of nitrogens with one attached hydrogen (secondary N) is 1. The summed E-state index contributed by atoms with van der Waals surface area (Å²) >= 11 is 6.31. The molecule has 6 nitrogen and oxygen atoms in total. The molecule has 7 heteroatoms. The van der Waals surface area contributed by atoms with E-state index in [4.69, 9.17) is 16.3 Å². The van der Waals surface area contributed by atoms with Crippen molar-refractivity contribution in [2.45, 2.75) is 20.3 Å². The van der Waals surface area contributed by atoms with Crippen molar-refractivity contribution in [2.75, 3.05) is 12.4 Å². The summed E-state index contributed by atoms with van der Waals surface area (Å²) in [5.74, 6) is 1.08. The molecule has 3 aromatic rings. The molecule has 0 radical (unpaired) electrons. The van der Waals surface area contributed by atoms with Crippen molar-refractivity contribution in [3.05, 3.63) is 46.1 Å². The number of carbonyl (C=O) groups is 1. The van der Waals surface area contributed by atoms with Gasteiger partial charge in [-0.15, -0.1) is 0 Å². The topological polar surface area (TPSA) is 69.0 Å². The number of aryl methyl sites for hydroxylation is 3. The highest BCUT2D eigenvalue weighted by molar-refractivity contribution is 6.33. The summed E-state index contributed by atoms with van der Waals surface area (Å²) in [7, 11) is 3.40. The highest BCUT2D eigenvalue weighted by atomic mass is 35.5. The first-order chi connectivity index (χ1) is 11.9. The number of amides is 1. The number of hydrogen-bond donors (Lipinski definition) is 1. The number of pyridine rings is 1. The quantitative estimate of drug-likeness (QED) is 0.775. The van der Waals surface area contributed by atoms with Crippen LogP contribution >= 0.6 is 11.6 Å². The normalized spacial score (nSPS) is 10.9. The molecule has 2 aromatic heterocycles. The fraction of sp³-hybridized carbons (Fsp3) is 0.278. The number of ether oxygens (including phenoxy) is 1. The third-order valence-corrected chi connectivity index (χ3v) is 4.65. The van der Waals surface area contributed by atoms with E-state index in [1.54, 1.807) is 18.8 Å². The van der Waals surface area contributed by atoms with Crippen molar-refractivity contribution in [3.63, 3.8) is 0 Å². The Labute approximate surface area is 150 Å². The number of halogens is 1. The maximum absolute atomic E-state index is 12.4. The molecule has 3 rings (SSSR count). The summed E-state index contributed by atoms with van der Waals surface area (Å²) in [6.45, 7) is 3.75. The number of methoxy groups -OCH3 is 1. The van der Waals surface area contributed by atoms with Gasteiger partial charge in [0.1, 0.15) is 5.75 Å². The van der Waals surface area contributed by atoms with E-state index in [9.17, 15) is 4.79 Å². The first kappa shape index (κ1) is 17.2. The molecule has 1 amide bonds. The molecule has 0 atom stereocenters. The van der Waals surface area contributed by atoms with Gasteiger partial charge in [-0.1, -0.05) is 23.7 Å². The molecule has 0 aliphatic rings. The summed E-state index contributed by atoms with van der Waals surface area (Å²) in [5.41, 5.74) is 3.18. The van der Waals surface area contributed by atoms with Crippen LogP contribution in [0.1, 0.15) is 16.8 Å².